The fourth-order valence-electron chi connectivity index (χ4n) is 7.69. The number of aromatic hydroxyl groups is 1. The van der Waals surface area contributed by atoms with E-state index in [9.17, 15) is 5.11 Å². The van der Waals surface area contributed by atoms with Gasteiger partial charge in [-0.25, -0.2) is 0 Å². The molecule has 0 saturated heterocycles. The molecule has 0 spiro atoms. The first-order valence-corrected chi connectivity index (χ1v) is 18.9. The maximum atomic E-state index is 12.1. The summed E-state index contributed by atoms with van der Waals surface area (Å²) in [6.07, 6.45) is 5.64. The maximum absolute atomic E-state index is 12.1. The second-order valence-corrected chi connectivity index (χ2v) is 15.1. The second kappa shape index (κ2) is 16.0. The minimum Gasteiger partial charge on any atom is -0.507 e. The van der Waals surface area contributed by atoms with Gasteiger partial charge in [-0.1, -0.05) is 104 Å². The number of ether oxygens (including phenoxy) is 3. The van der Waals surface area contributed by atoms with Crippen molar-refractivity contribution >= 4 is 0 Å². The Morgan fingerprint density at radius 1 is 0.440 bits per heavy atom. The average Bonchev–Trinajstić information content (AvgIpc) is 3.11. The molecule has 4 aromatic rings. The highest BCUT2D eigenvalue weighted by atomic mass is 16.5. The molecule has 0 amide bonds. The topological polar surface area (TPSA) is 47.9 Å². The standard InChI is InChI=1S/C46H60O4/c1-12-28(6)32-17-37-23-35-15-31(27(4)5)16-36(43(35)47)24-38-18-33(29(7)13-2)20-40(45(38)49-10)26-42-22-34(30(8)14-3)21-41(46(42)50-11)25-39(19-32)44(37)48-9/h15-22,27-30,47H,12-14,23-26H2,1-11H3/t28-,29-,30-/m0/s1. The van der Waals surface area contributed by atoms with Crippen LogP contribution in [0.25, 0.3) is 0 Å². The third kappa shape index (κ3) is 7.55. The van der Waals surface area contributed by atoms with Gasteiger partial charge in [-0.2, -0.15) is 0 Å². The third-order valence-electron chi connectivity index (χ3n) is 11.4. The zero-order valence-corrected chi connectivity index (χ0v) is 32.5. The van der Waals surface area contributed by atoms with Gasteiger partial charge in [0, 0.05) is 25.7 Å². The molecule has 1 aliphatic carbocycles. The summed E-state index contributed by atoms with van der Waals surface area (Å²) < 4.78 is 18.9. The van der Waals surface area contributed by atoms with Crippen LogP contribution in [0, 0.1) is 0 Å². The largest absolute Gasteiger partial charge is 0.507 e. The first kappa shape index (κ1) is 37.3. The fraction of sp³-hybridized carbons (Fsp3) is 0.478. The summed E-state index contributed by atoms with van der Waals surface area (Å²) >= 11 is 0. The Labute approximate surface area is 302 Å². The predicted octanol–water partition coefficient (Wildman–Crippen LogP) is 11.8. The number of rotatable bonds is 10. The second-order valence-electron chi connectivity index (χ2n) is 15.1. The van der Waals surface area contributed by atoms with Gasteiger partial charge in [-0.3, -0.25) is 0 Å². The van der Waals surface area contributed by atoms with E-state index < -0.39 is 0 Å². The highest BCUT2D eigenvalue weighted by Gasteiger charge is 2.25. The van der Waals surface area contributed by atoms with E-state index in [1.165, 1.54) is 33.4 Å². The Balaban J connectivity index is 1.90. The quantitative estimate of drug-likeness (QED) is 0.160. The molecule has 0 aromatic heterocycles. The maximum Gasteiger partial charge on any atom is 0.125 e. The number of phenolic OH excluding ortho intramolecular Hbond substituents is 1. The van der Waals surface area contributed by atoms with Crippen molar-refractivity contribution in [1.82, 2.24) is 0 Å². The molecule has 268 valence electrons. The summed E-state index contributed by atoms with van der Waals surface area (Å²) in [5.41, 5.74) is 13.9. The first-order valence-electron chi connectivity index (χ1n) is 18.9. The number of fused-ring (bicyclic) bond motifs is 8. The van der Waals surface area contributed by atoms with Crippen LogP contribution in [0.15, 0.2) is 48.5 Å². The molecule has 0 radical (unpaired) electrons. The SMILES string of the molecule is CC[C@H](C)c1cc2c(OC)c(c1)Cc1cc([C@@H](C)CC)cc(c1OC)Cc1cc([C@@H](C)CC)cc(c1OC)Cc1cc(C(C)C)cc(c1O)C2. The number of phenols is 1. The van der Waals surface area contributed by atoms with Gasteiger partial charge in [0.05, 0.1) is 21.3 Å². The van der Waals surface area contributed by atoms with Gasteiger partial charge in [0.15, 0.2) is 0 Å². The summed E-state index contributed by atoms with van der Waals surface area (Å²) in [6.45, 7) is 18.1. The predicted molar refractivity (Wildman–Crippen MR) is 209 cm³/mol. The molecule has 3 atom stereocenters. The van der Waals surface area contributed by atoms with Crippen molar-refractivity contribution in [2.45, 2.75) is 124 Å². The van der Waals surface area contributed by atoms with Crippen molar-refractivity contribution in [3.63, 3.8) is 0 Å². The van der Waals surface area contributed by atoms with E-state index in [2.05, 4.69) is 104 Å². The van der Waals surface area contributed by atoms with Gasteiger partial charge in [0.2, 0.25) is 0 Å². The molecule has 4 aromatic carbocycles. The summed E-state index contributed by atoms with van der Waals surface area (Å²) in [6, 6.07) is 18.4. The van der Waals surface area contributed by atoms with E-state index in [1.54, 1.807) is 14.2 Å². The zero-order valence-electron chi connectivity index (χ0n) is 32.5. The molecule has 1 N–H and O–H groups in total. The lowest BCUT2D eigenvalue weighted by Crippen LogP contribution is -2.09. The van der Waals surface area contributed by atoms with Crippen molar-refractivity contribution in [1.29, 1.82) is 0 Å². The van der Waals surface area contributed by atoms with Gasteiger partial charge >= 0.3 is 0 Å². The normalized spacial score (nSPS) is 14.6. The summed E-state index contributed by atoms with van der Waals surface area (Å²) in [4.78, 5) is 0. The van der Waals surface area contributed by atoms with Crippen molar-refractivity contribution in [2.24, 2.45) is 0 Å². The fourth-order valence-corrected chi connectivity index (χ4v) is 7.69. The van der Waals surface area contributed by atoms with Gasteiger partial charge in [-0.05, 0) is 110 Å². The molecule has 0 saturated carbocycles. The van der Waals surface area contributed by atoms with Gasteiger partial charge in [0.1, 0.15) is 23.0 Å². The van der Waals surface area contributed by atoms with E-state index in [-0.39, 0.29) is 0 Å². The zero-order chi connectivity index (χ0) is 36.3. The van der Waals surface area contributed by atoms with E-state index in [1.807, 2.05) is 7.11 Å². The monoisotopic (exact) mass is 676 g/mol. The Kier molecular flexibility index (Phi) is 11.9. The van der Waals surface area contributed by atoms with Crippen LogP contribution in [-0.4, -0.2) is 26.4 Å². The molecule has 5 rings (SSSR count). The van der Waals surface area contributed by atoms with E-state index in [0.29, 0.717) is 55.1 Å². The lowest BCUT2D eigenvalue weighted by atomic mass is 9.84. The highest BCUT2D eigenvalue weighted by molar-refractivity contribution is 5.59. The van der Waals surface area contributed by atoms with Gasteiger partial charge in [0.25, 0.3) is 0 Å². The molecular formula is C46H60O4. The Bertz CT molecular complexity index is 1700. The Hall–Kier alpha value is -3.92. The van der Waals surface area contributed by atoms with Crippen LogP contribution in [-0.2, 0) is 25.7 Å². The van der Waals surface area contributed by atoms with Crippen LogP contribution in [0.1, 0.15) is 165 Å². The average molecular weight is 677 g/mol. The van der Waals surface area contributed by atoms with Crippen molar-refractivity contribution in [3.05, 3.63) is 115 Å². The van der Waals surface area contributed by atoms with Crippen LogP contribution in [0.4, 0.5) is 0 Å². The van der Waals surface area contributed by atoms with Crippen molar-refractivity contribution in [3.8, 4) is 23.0 Å². The molecular weight excluding hydrogens is 617 g/mol. The smallest absolute Gasteiger partial charge is 0.125 e. The number of benzene rings is 4. The Morgan fingerprint density at radius 2 is 0.680 bits per heavy atom. The van der Waals surface area contributed by atoms with Gasteiger partial charge < -0.3 is 19.3 Å². The lowest BCUT2D eigenvalue weighted by molar-refractivity contribution is 0.397. The number of methoxy groups -OCH3 is 3. The van der Waals surface area contributed by atoms with Crippen LogP contribution >= 0.6 is 0 Å². The van der Waals surface area contributed by atoms with Crippen LogP contribution < -0.4 is 14.2 Å². The van der Waals surface area contributed by atoms with E-state index in [4.69, 9.17) is 14.2 Å². The molecule has 0 unspecified atom stereocenters. The minimum absolute atomic E-state index is 0.309. The lowest BCUT2D eigenvalue weighted by Gasteiger charge is -2.24. The third-order valence-corrected chi connectivity index (χ3v) is 11.4. The first-order chi connectivity index (χ1) is 24.0. The molecule has 1 aliphatic rings. The van der Waals surface area contributed by atoms with Crippen molar-refractivity contribution in [2.75, 3.05) is 21.3 Å². The van der Waals surface area contributed by atoms with Crippen LogP contribution in [0.5, 0.6) is 23.0 Å². The number of hydrogen-bond acceptors (Lipinski definition) is 4. The highest BCUT2D eigenvalue weighted by Crippen LogP contribution is 2.42. The molecule has 8 bridgehead atoms. The molecule has 4 heteroatoms. The van der Waals surface area contributed by atoms with Gasteiger partial charge in [-0.15, -0.1) is 0 Å². The molecule has 4 nitrogen and oxygen atoms in total. The summed E-state index contributed by atoms with van der Waals surface area (Å²) in [7, 11) is 5.37. The summed E-state index contributed by atoms with van der Waals surface area (Å²) in [5.74, 6) is 4.56. The van der Waals surface area contributed by atoms with E-state index in [0.717, 1.165) is 69.9 Å². The molecule has 0 heterocycles. The molecule has 0 fully saturated rings. The summed E-state index contributed by atoms with van der Waals surface area (Å²) in [5, 5.41) is 12.1. The van der Waals surface area contributed by atoms with Crippen LogP contribution in [0.2, 0.25) is 0 Å². The van der Waals surface area contributed by atoms with Crippen molar-refractivity contribution < 1.29 is 19.3 Å². The number of hydrogen-bond donors (Lipinski definition) is 1. The minimum atomic E-state index is 0.309. The van der Waals surface area contributed by atoms with E-state index >= 15 is 0 Å². The molecule has 0 aliphatic heterocycles. The van der Waals surface area contributed by atoms with Crippen LogP contribution in [0.3, 0.4) is 0 Å². The molecule has 50 heavy (non-hydrogen) atoms. The Morgan fingerprint density at radius 3 is 0.900 bits per heavy atom.